The monoisotopic (exact) mass is 228 g/mol. The van der Waals surface area contributed by atoms with Crippen molar-refractivity contribution in [3.8, 4) is 0 Å². The summed E-state index contributed by atoms with van der Waals surface area (Å²) in [4.78, 5) is 6.64. The number of guanidine groups is 1. The highest BCUT2D eigenvalue weighted by atomic mass is 16.5. The van der Waals surface area contributed by atoms with Crippen LogP contribution < -0.4 is 11.3 Å². The zero-order valence-corrected chi connectivity index (χ0v) is 10.4. The fourth-order valence-corrected chi connectivity index (χ4v) is 1.95. The normalized spacial score (nSPS) is 23.1. The Morgan fingerprint density at radius 1 is 1.50 bits per heavy atom. The second kappa shape index (κ2) is 7.46. The van der Waals surface area contributed by atoms with Crippen LogP contribution in [0, 0.1) is 5.92 Å². The standard InChI is InChI=1S/C11H24N4O/c1-10-4-3-7-15(8-5-10)11(14-12)13-6-9-16-2/h10H,3-9,12H2,1-2H3,(H,13,14). The van der Waals surface area contributed by atoms with Crippen molar-refractivity contribution in [2.45, 2.75) is 26.2 Å². The van der Waals surface area contributed by atoms with E-state index >= 15 is 0 Å². The molecule has 0 spiro atoms. The van der Waals surface area contributed by atoms with Gasteiger partial charge in [-0.1, -0.05) is 6.92 Å². The molecule has 1 aliphatic rings. The molecule has 0 saturated carbocycles. The molecule has 0 radical (unpaired) electrons. The lowest BCUT2D eigenvalue weighted by Gasteiger charge is -2.23. The molecule has 0 aliphatic carbocycles. The van der Waals surface area contributed by atoms with Gasteiger partial charge in [-0.2, -0.15) is 0 Å². The number of rotatable bonds is 3. The minimum atomic E-state index is 0.634. The summed E-state index contributed by atoms with van der Waals surface area (Å²) in [6.07, 6.45) is 3.73. The Bertz CT molecular complexity index is 220. The highest BCUT2D eigenvalue weighted by molar-refractivity contribution is 5.79. The number of aliphatic imine (C=N–C) groups is 1. The van der Waals surface area contributed by atoms with Gasteiger partial charge in [0, 0.05) is 20.2 Å². The second-order valence-corrected chi connectivity index (χ2v) is 4.37. The predicted octanol–water partition coefficient (Wildman–Crippen LogP) is 0.574. The summed E-state index contributed by atoms with van der Waals surface area (Å²) in [6, 6.07) is 0. The first kappa shape index (κ1) is 13.3. The zero-order chi connectivity index (χ0) is 11.8. The molecule has 0 aromatic rings. The van der Waals surface area contributed by atoms with Crippen LogP contribution in [0.2, 0.25) is 0 Å². The number of nitrogens with zero attached hydrogens (tertiary/aromatic N) is 2. The Balaban J connectivity index is 2.47. The van der Waals surface area contributed by atoms with Gasteiger partial charge in [-0.05, 0) is 25.2 Å². The minimum absolute atomic E-state index is 0.634. The third-order valence-electron chi connectivity index (χ3n) is 3.00. The molecule has 1 fully saturated rings. The lowest BCUT2D eigenvalue weighted by molar-refractivity contribution is 0.207. The van der Waals surface area contributed by atoms with Crippen LogP contribution in [0.1, 0.15) is 26.2 Å². The molecule has 1 unspecified atom stereocenters. The fraction of sp³-hybridized carbons (Fsp3) is 0.909. The van der Waals surface area contributed by atoms with Crippen LogP contribution in [0.15, 0.2) is 4.99 Å². The van der Waals surface area contributed by atoms with E-state index in [0.717, 1.165) is 25.0 Å². The predicted molar refractivity (Wildman–Crippen MR) is 66.1 cm³/mol. The van der Waals surface area contributed by atoms with E-state index < -0.39 is 0 Å². The summed E-state index contributed by atoms with van der Waals surface area (Å²) in [5, 5.41) is 0. The van der Waals surface area contributed by atoms with Crippen LogP contribution in [0.3, 0.4) is 0 Å². The quantitative estimate of drug-likeness (QED) is 0.244. The first-order chi connectivity index (χ1) is 7.77. The summed E-state index contributed by atoms with van der Waals surface area (Å²) in [6.45, 7) is 5.68. The number of methoxy groups -OCH3 is 1. The average Bonchev–Trinajstić information content (AvgIpc) is 2.50. The van der Waals surface area contributed by atoms with Gasteiger partial charge in [-0.3, -0.25) is 5.43 Å². The molecule has 0 amide bonds. The van der Waals surface area contributed by atoms with Crippen LogP contribution in [0.25, 0.3) is 0 Å². The maximum Gasteiger partial charge on any atom is 0.208 e. The van der Waals surface area contributed by atoms with E-state index in [9.17, 15) is 0 Å². The summed E-state index contributed by atoms with van der Waals surface area (Å²) in [7, 11) is 1.68. The van der Waals surface area contributed by atoms with Crippen LogP contribution in [0.5, 0.6) is 0 Å². The first-order valence-electron chi connectivity index (χ1n) is 6.03. The SMILES string of the molecule is COCCN=C(NN)N1CCCC(C)CC1. The van der Waals surface area contributed by atoms with E-state index in [4.69, 9.17) is 10.6 Å². The molecule has 0 aromatic heterocycles. The lowest BCUT2D eigenvalue weighted by Crippen LogP contribution is -2.45. The molecule has 16 heavy (non-hydrogen) atoms. The highest BCUT2D eigenvalue weighted by Gasteiger charge is 2.16. The lowest BCUT2D eigenvalue weighted by atomic mass is 10.0. The third-order valence-corrected chi connectivity index (χ3v) is 3.00. The van der Waals surface area contributed by atoms with Gasteiger partial charge in [0.05, 0.1) is 13.2 Å². The molecule has 1 heterocycles. The Kier molecular flexibility index (Phi) is 6.18. The van der Waals surface area contributed by atoms with Gasteiger partial charge >= 0.3 is 0 Å². The van der Waals surface area contributed by atoms with Gasteiger partial charge < -0.3 is 9.64 Å². The molecule has 94 valence electrons. The van der Waals surface area contributed by atoms with E-state index in [1.54, 1.807) is 7.11 Å². The molecule has 5 nitrogen and oxygen atoms in total. The largest absolute Gasteiger partial charge is 0.383 e. The van der Waals surface area contributed by atoms with Crippen molar-refractivity contribution >= 4 is 5.96 Å². The van der Waals surface area contributed by atoms with Gasteiger partial charge in [-0.15, -0.1) is 0 Å². The Labute approximate surface area is 98.0 Å². The van der Waals surface area contributed by atoms with Crippen LogP contribution >= 0.6 is 0 Å². The topological polar surface area (TPSA) is 62.9 Å². The molecule has 1 aliphatic heterocycles. The molecular weight excluding hydrogens is 204 g/mol. The van der Waals surface area contributed by atoms with Crippen molar-refractivity contribution in [3.63, 3.8) is 0 Å². The van der Waals surface area contributed by atoms with E-state index in [2.05, 4.69) is 22.2 Å². The number of nitrogens with two attached hydrogens (primary N) is 1. The number of likely N-dealkylation sites (tertiary alicyclic amines) is 1. The van der Waals surface area contributed by atoms with Crippen molar-refractivity contribution < 1.29 is 4.74 Å². The van der Waals surface area contributed by atoms with E-state index in [0.29, 0.717) is 13.2 Å². The van der Waals surface area contributed by atoms with Crippen molar-refractivity contribution in [2.24, 2.45) is 16.8 Å². The van der Waals surface area contributed by atoms with Crippen molar-refractivity contribution in [2.75, 3.05) is 33.4 Å². The molecule has 1 rings (SSSR count). The van der Waals surface area contributed by atoms with Crippen LogP contribution in [-0.2, 0) is 4.74 Å². The Morgan fingerprint density at radius 2 is 2.31 bits per heavy atom. The summed E-state index contributed by atoms with van der Waals surface area (Å²) >= 11 is 0. The maximum atomic E-state index is 5.51. The van der Waals surface area contributed by atoms with Crippen molar-refractivity contribution in [1.29, 1.82) is 0 Å². The fourth-order valence-electron chi connectivity index (χ4n) is 1.95. The van der Waals surface area contributed by atoms with Gasteiger partial charge in [-0.25, -0.2) is 10.8 Å². The molecule has 1 atom stereocenters. The van der Waals surface area contributed by atoms with Crippen molar-refractivity contribution in [3.05, 3.63) is 0 Å². The smallest absolute Gasteiger partial charge is 0.208 e. The van der Waals surface area contributed by atoms with E-state index in [-0.39, 0.29) is 0 Å². The molecule has 1 saturated heterocycles. The van der Waals surface area contributed by atoms with E-state index in [1.807, 2.05) is 0 Å². The second-order valence-electron chi connectivity index (χ2n) is 4.37. The highest BCUT2D eigenvalue weighted by Crippen LogP contribution is 2.16. The average molecular weight is 228 g/mol. The van der Waals surface area contributed by atoms with Gasteiger partial charge in [0.25, 0.3) is 0 Å². The number of ether oxygens (including phenoxy) is 1. The summed E-state index contributed by atoms with van der Waals surface area (Å²) in [5.74, 6) is 7.11. The molecule has 3 N–H and O–H groups in total. The van der Waals surface area contributed by atoms with Crippen LogP contribution in [0.4, 0.5) is 0 Å². The number of hydrogen-bond acceptors (Lipinski definition) is 3. The van der Waals surface area contributed by atoms with Gasteiger partial charge in [0.15, 0.2) is 0 Å². The number of hydrogen-bond donors (Lipinski definition) is 2. The Morgan fingerprint density at radius 3 is 3.00 bits per heavy atom. The van der Waals surface area contributed by atoms with Crippen molar-refractivity contribution in [1.82, 2.24) is 10.3 Å². The number of hydrazine groups is 1. The van der Waals surface area contributed by atoms with Gasteiger partial charge in [0.2, 0.25) is 5.96 Å². The number of nitrogens with one attached hydrogen (secondary N) is 1. The maximum absolute atomic E-state index is 5.51. The third kappa shape index (κ3) is 4.37. The summed E-state index contributed by atoms with van der Waals surface area (Å²) < 4.78 is 4.97. The minimum Gasteiger partial charge on any atom is -0.383 e. The molecule has 0 aromatic carbocycles. The van der Waals surface area contributed by atoms with Crippen LogP contribution in [-0.4, -0.2) is 44.2 Å². The van der Waals surface area contributed by atoms with Gasteiger partial charge in [0.1, 0.15) is 0 Å². The zero-order valence-electron chi connectivity index (χ0n) is 10.4. The summed E-state index contributed by atoms with van der Waals surface area (Å²) in [5.41, 5.74) is 2.69. The molecular formula is C11H24N4O. The Hall–Kier alpha value is -0.810. The first-order valence-corrected chi connectivity index (χ1v) is 6.03. The van der Waals surface area contributed by atoms with E-state index in [1.165, 1.54) is 19.3 Å². The molecule has 0 bridgehead atoms. The molecule has 5 heteroatoms.